The molecule has 0 saturated carbocycles. The first-order valence-corrected chi connectivity index (χ1v) is 6.09. The molecular formula is C12H17N3O3. The third kappa shape index (κ3) is 2.69. The van der Waals surface area contributed by atoms with Crippen molar-refractivity contribution < 1.29 is 9.53 Å². The van der Waals surface area contributed by atoms with E-state index < -0.39 is 6.09 Å². The molecule has 1 amide bonds. The normalized spacial score (nSPS) is 18.0. The topological polar surface area (TPSA) is 73.2 Å². The summed E-state index contributed by atoms with van der Waals surface area (Å²) in [5.74, 6) is 0. The van der Waals surface area contributed by atoms with Crippen molar-refractivity contribution in [3.8, 4) is 0 Å². The van der Waals surface area contributed by atoms with Crippen LogP contribution in [0.15, 0.2) is 10.9 Å². The molecule has 1 heterocycles. The fraction of sp³-hybridized carbons (Fsp3) is 0.583. The Kier molecular flexibility index (Phi) is 3.64. The Morgan fingerprint density at radius 1 is 1.67 bits per heavy atom. The van der Waals surface area contributed by atoms with E-state index in [0.29, 0.717) is 13.0 Å². The van der Waals surface area contributed by atoms with Crippen LogP contribution >= 0.6 is 0 Å². The zero-order valence-electron chi connectivity index (χ0n) is 10.6. The van der Waals surface area contributed by atoms with Gasteiger partial charge in [0.25, 0.3) is 5.56 Å². The smallest absolute Gasteiger partial charge is 0.407 e. The van der Waals surface area contributed by atoms with Gasteiger partial charge in [-0.1, -0.05) is 0 Å². The first kappa shape index (κ1) is 12.6. The summed E-state index contributed by atoms with van der Waals surface area (Å²) in [6, 6.07) is 1.62. The van der Waals surface area contributed by atoms with Gasteiger partial charge in [0.05, 0.1) is 12.3 Å². The summed E-state index contributed by atoms with van der Waals surface area (Å²) in [4.78, 5) is 22.8. The maximum Gasteiger partial charge on any atom is 0.407 e. The number of nitrogens with one attached hydrogen (secondary N) is 1. The molecule has 0 spiro atoms. The Balaban J connectivity index is 2.08. The summed E-state index contributed by atoms with van der Waals surface area (Å²) < 4.78 is 6.19. The number of carbonyl (C=O) groups excluding carboxylic acids is 1. The highest BCUT2D eigenvalue weighted by Crippen LogP contribution is 2.17. The van der Waals surface area contributed by atoms with Crippen molar-refractivity contribution in [3.05, 3.63) is 27.7 Å². The molecule has 1 aromatic rings. The number of carbonyl (C=O) groups is 1. The predicted octanol–water partition coefficient (Wildman–Crippen LogP) is 0.384. The Morgan fingerprint density at radius 3 is 3.17 bits per heavy atom. The van der Waals surface area contributed by atoms with Crippen LogP contribution < -0.4 is 10.9 Å². The van der Waals surface area contributed by atoms with Gasteiger partial charge in [-0.2, -0.15) is 5.10 Å². The van der Waals surface area contributed by atoms with Crippen molar-refractivity contribution in [2.24, 2.45) is 7.05 Å². The molecule has 0 aromatic carbocycles. The van der Waals surface area contributed by atoms with Gasteiger partial charge in [0.15, 0.2) is 0 Å². The van der Waals surface area contributed by atoms with Crippen LogP contribution in [0.1, 0.15) is 24.6 Å². The Hall–Kier alpha value is -1.85. The molecular weight excluding hydrogens is 234 g/mol. The number of rotatable bonds is 2. The fourth-order valence-corrected chi connectivity index (χ4v) is 2.15. The molecule has 1 unspecified atom stereocenters. The van der Waals surface area contributed by atoms with E-state index in [1.54, 1.807) is 20.0 Å². The van der Waals surface area contributed by atoms with Crippen molar-refractivity contribution in [1.82, 2.24) is 15.1 Å². The first-order valence-electron chi connectivity index (χ1n) is 6.09. The van der Waals surface area contributed by atoms with Crippen molar-refractivity contribution in [2.45, 2.75) is 32.2 Å². The molecule has 1 aliphatic carbocycles. The predicted molar refractivity (Wildman–Crippen MR) is 65.4 cm³/mol. The highest BCUT2D eigenvalue weighted by Gasteiger charge is 2.22. The summed E-state index contributed by atoms with van der Waals surface area (Å²) in [6.45, 7) is 2.13. The van der Waals surface area contributed by atoms with E-state index in [1.165, 1.54) is 4.68 Å². The number of fused-ring (bicyclic) bond motifs is 1. The van der Waals surface area contributed by atoms with Crippen LogP contribution in [0, 0.1) is 0 Å². The molecule has 2 rings (SSSR count). The lowest BCUT2D eigenvalue weighted by Gasteiger charge is -2.24. The minimum Gasteiger partial charge on any atom is -0.450 e. The van der Waals surface area contributed by atoms with Gasteiger partial charge in [0.2, 0.25) is 0 Å². The molecule has 0 radical (unpaired) electrons. The first-order chi connectivity index (χ1) is 8.60. The number of hydrogen-bond donors (Lipinski definition) is 1. The number of amides is 1. The molecule has 18 heavy (non-hydrogen) atoms. The van der Waals surface area contributed by atoms with Gasteiger partial charge in [-0.3, -0.25) is 4.79 Å². The van der Waals surface area contributed by atoms with Crippen molar-refractivity contribution in [3.63, 3.8) is 0 Å². The van der Waals surface area contributed by atoms with Crippen LogP contribution in [-0.2, 0) is 24.6 Å². The van der Waals surface area contributed by atoms with Gasteiger partial charge in [-0.15, -0.1) is 0 Å². The Morgan fingerprint density at radius 2 is 2.44 bits per heavy atom. The Bertz CT molecular complexity index is 510. The Labute approximate surface area is 105 Å². The molecule has 1 aromatic heterocycles. The van der Waals surface area contributed by atoms with E-state index in [4.69, 9.17) is 4.74 Å². The molecule has 1 N–H and O–H groups in total. The number of ether oxygens (including phenoxy) is 1. The number of aromatic nitrogens is 2. The minimum atomic E-state index is -0.400. The molecule has 0 fully saturated rings. The van der Waals surface area contributed by atoms with E-state index in [0.717, 1.165) is 24.1 Å². The van der Waals surface area contributed by atoms with E-state index >= 15 is 0 Å². The quantitative estimate of drug-likeness (QED) is 0.825. The maximum atomic E-state index is 11.5. The van der Waals surface area contributed by atoms with Crippen molar-refractivity contribution >= 4 is 6.09 Å². The molecule has 0 bridgehead atoms. The lowest BCUT2D eigenvalue weighted by atomic mass is 9.92. The third-order valence-electron chi connectivity index (χ3n) is 3.05. The van der Waals surface area contributed by atoms with Crippen LogP contribution in [0.5, 0.6) is 0 Å². The second-order valence-electron chi connectivity index (χ2n) is 4.38. The van der Waals surface area contributed by atoms with Crippen molar-refractivity contribution in [2.75, 3.05) is 6.61 Å². The number of nitrogens with zero attached hydrogens (tertiary/aromatic N) is 2. The second-order valence-corrected chi connectivity index (χ2v) is 4.38. The average Bonchev–Trinajstić information content (AvgIpc) is 2.31. The van der Waals surface area contributed by atoms with Gasteiger partial charge in [-0.05, 0) is 31.7 Å². The van der Waals surface area contributed by atoms with Crippen LogP contribution in [0.4, 0.5) is 4.79 Å². The third-order valence-corrected chi connectivity index (χ3v) is 3.05. The van der Waals surface area contributed by atoms with Crippen LogP contribution in [0.3, 0.4) is 0 Å². The maximum absolute atomic E-state index is 11.5. The van der Waals surface area contributed by atoms with Gasteiger partial charge in [0.1, 0.15) is 0 Å². The molecule has 6 nitrogen and oxygen atoms in total. The molecule has 0 aliphatic heterocycles. The second kappa shape index (κ2) is 5.20. The molecule has 1 atom stereocenters. The molecule has 98 valence electrons. The minimum absolute atomic E-state index is 0.0189. The van der Waals surface area contributed by atoms with Gasteiger partial charge < -0.3 is 10.1 Å². The average molecular weight is 251 g/mol. The van der Waals surface area contributed by atoms with E-state index in [1.807, 2.05) is 0 Å². The monoisotopic (exact) mass is 251 g/mol. The van der Waals surface area contributed by atoms with Gasteiger partial charge >= 0.3 is 6.09 Å². The fourth-order valence-electron chi connectivity index (χ4n) is 2.15. The van der Waals surface area contributed by atoms with Crippen LogP contribution in [-0.4, -0.2) is 28.5 Å². The van der Waals surface area contributed by atoms with Crippen LogP contribution in [0.25, 0.3) is 0 Å². The SMILES string of the molecule is CCOC(=O)NC1CCc2nn(C)c(=O)cc2C1. The highest BCUT2D eigenvalue weighted by molar-refractivity contribution is 5.67. The summed E-state index contributed by atoms with van der Waals surface area (Å²) in [7, 11) is 1.64. The lowest BCUT2D eigenvalue weighted by molar-refractivity contribution is 0.147. The van der Waals surface area contributed by atoms with E-state index in [2.05, 4.69) is 10.4 Å². The van der Waals surface area contributed by atoms with Crippen LogP contribution in [0.2, 0.25) is 0 Å². The van der Waals surface area contributed by atoms with E-state index in [9.17, 15) is 9.59 Å². The number of alkyl carbamates (subject to hydrolysis) is 1. The molecule has 6 heteroatoms. The van der Waals surface area contributed by atoms with Crippen molar-refractivity contribution in [1.29, 1.82) is 0 Å². The summed E-state index contributed by atoms with van der Waals surface area (Å²) >= 11 is 0. The summed E-state index contributed by atoms with van der Waals surface area (Å²) in [6.07, 6.45) is 1.82. The number of hydrogen-bond acceptors (Lipinski definition) is 4. The van der Waals surface area contributed by atoms with E-state index in [-0.39, 0.29) is 11.6 Å². The number of aryl methyl sites for hydroxylation is 2. The molecule has 0 saturated heterocycles. The van der Waals surface area contributed by atoms with Gasteiger partial charge in [-0.25, -0.2) is 9.48 Å². The zero-order chi connectivity index (χ0) is 13.1. The van der Waals surface area contributed by atoms with Gasteiger partial charge in [0, 0.05) is 19.2 Å². The largest absolute Gasteiger partial charge is 0.450 e. The highest BCUT2D eigenvalue weighted by atomic mass is 16.5. The zero-order valence-corrected chi connectivity index (χ0v) is 10.6. The summed E-state index contributed by atoms with van der Waals surface area (Å²) in [5, 5.41) is 7.02. The lowest BCUT2D eigenvalue weighted by Crippen LogP contribution is -2.40. The summed E-state index contributed by atoms with van der Waals surface area (Å²) in [5.41, 5.74) is 1.75. The molecule has 1 aliphatic rings. The standard InChI is InChI=1S/C12H17N3O3/c1-3-18-12(17)13-9-4-5-10-8(6-9)7-11(16)15(2)14-10/h7,9H,3-6H2,1-2H3,(H,13,17).